The summed E-state index contributed by atoms with van der Waals surface area (Å²) in [6.45, 7) is 3.27. The van der Waals surface area contributed by atoms with Gasteiger partial charge in [-0.2, -0.15) is 5.10 Å². The number of carbonyl (C=O) groups is 1. The smallest absolute Gasteiger partial charge is 0.220 e. The molecule has 24 heavy (non-hydrogen) atoms. The molecule has 1 aromatic heterocycles. The molecule has 5 nitrogen and oxygen atoms in total. The average Bonchev–Trinajstić information content (AvgIpc) is 3.01. The van der Waals surface area contributed by atoms with Crippen molar-refractivity contribution in [3.63, 3.8) is 0 Å². The number of hydrogen-bond donors (Lipinski definition) is 2. The summed E-state index contributed by atoms with van der Waals surface area (Å²) in [5.74, 6) is -0.312. The van der Waals surface area contributed by atoms with Crippen LogP contribution in [-0.4, -0.2) is 21.7 Å². The molecule has 0 unspecified atom stereocenters. The molecule has 0 aliphatic carbocycles. The first-order chi connectivity index (χ1) is 11.5. The Morgan fingerprint density at radius 1 is 1.46 bits per heavy atom. The van der Waals surface area contributed by atoms with E-state index in [2.05, 4.69) is 15.7 Å². The van der Waals surface area contributed by atoms with E-state index in [4.69, 9.17) is 11.6 Å². The van der Waals surface area contributed by atoms with Gasteiger partial charge >= 0.3 is 0 Å². The first kappa shape index (κ1) is 16.9. The number of nitrogens with zero attached hydrogens (tertiary/aromatic N) is 2. The maximum absolute atomic E-state index is 13.4. The lowest BCUT2D eigenvalue weighted by Gasteiger charge is -2.32. The van der Waals surface area contributed by atoms with Crippen LogP contribution in [-0.2, 0) is 17.9 Å². The number of aryl methyl sites for hydroxylation is 1. The normalized spacial score (nSPS) is 20.9. The lowest BCUT2D eigenvalue weighted by atomic mass is 9.93. The third-order valence-electron chi connectivity index (χ3n) is 4.23. The minimum atomic E-state index is -0.350. The molecule has 0 saturated carbocycles. The second-order valence-electron chi connectivity index (χ2n) is 5.98. The Kier molecular flexibility index (Phi) is 5.16. The van der Waals surface area contributed by atoms with Gasteiger partial charge < -0.3 is 10.6 Å². The van der Waals surface area contributed by atoms with Gasteiger partial charge in [0.2, 0.25) is 5.91 Å². The van der Waals surface area contributed by atoms with E-state index in [-0.39, 0.29) is 23.8 Å². The van der Waals surface area contributed by atoms with Crippen LogP contribution >= 0.6 is 11.6 Å². The van der Waals surface area contributed by atoms with Gasteiger partial charge in [-0.1, -0.05) is 11.6 Å². The highest BCUT2D eigenvalue weighted by Crippen LogP contribution is 2.24. The molecule has 0 bridgehead atoms. The first-order valence-corrected chi connectivity index (χ1v) is 8.43. The van der Waals surface area contributed by atoms with Crippen molar-refractivity contribution in [3.05, 3.63) is 52.6 Å². The molecular weight excluding hydrogens is 331 g/mol. The van der Waals surface area contributed by atoms with Gasteiger partial charge in [-0.25, -0.2) is 4.39 Å². The molecule has 1 aromatic carbocycles. The number of hydrogen-bond acceptors (Lipinski definition) is 3. The summed E-state index contributed by atoms with van der Waals surface area (Å²) in [4.78, 5) is 11.8. The zero-order valence-corrected chi connectivity index (χ0v) is 14.2. The zero-order valence-electron chi connectivity index (χ0n) is 13.4. The molecule has 2 heterocycles. The van der Waals surface area contributed by atoms with Gasteiger partial charge in [-0.15, -0.1) is 0 Å². The van der Waals surface area contributed by atoms with Crippen LogP contribution in [0, 0.1) is 5.82 Å². The van der Waals surface area contributed by atoms with Crippen LogP contribution in [0.1, 0.15) is 36.9 Å². The van der Waals surface area contributed by atoms with E-state index in [1.54, 1.807) is 12.3 Å². The molecule has 0 spiro atoms. The lowest BCUT2D eigenvalue weighted by molar-refractivity contribution is -0.123. The van der Waals surface area contributed by atoms with Crippen LogP contribution in [0.2, 0.25) is 5.02 Å². The average molecular weight is 351 g/mol. The summed E-state index contributed by atoms with van der Waals surface area (Å²) in [6.07, 6.45) is 4.92. The Morgan fingerprint density at radius 2 is 2.29 bits per heavy atom. The van der Waals surface area contributed by atoms with Crippen molar-refractivity contribution in [2.75, 3.05) is 0 Å². The van der Waals surface area contributed by atoms with Crippen molar-refractivity contribution in [2.45, 2.75) is 44.9 Å². The van der Waals surface area contributed by atoms with E-state index >= 15 is 0 Å². The summed E-state index contributed by atoms with van der Waals surface area (Å²) in [7, 11) is 0. The second-order valence-corrected chi connectivity index (χ2v) is 6.41. The van der Waals surface area contributed by atoms with Gasteiger partial charge in [0.25, 0.3) is 0 Å². The van der Waals surface area contributed by atoms with Crippen LogP contribution in [0.25, 0.3) is 0 Å². The molecule has 2 N–H and O–H groups in total. The Balaban J connectivity index is 1.72. The number of rotatable bonds is 5. The van der Waals surface area contributed by atoms with Crippen molar-refractivity contribution < 1.29 is 9.18 Å². The van der Waals surface area contributed by atoms with Gasteiger partial charge in [0, 0.05) is 42.3 Å². The van der Waals surface area contributed by atoms with Crippen LogP contribution in [0.15, 0.2) is 30.6 Å². The van der Waals surface area contributed by atoms with Crippen LogP contribution in [0.4, 0.5) is 4.39 Å². The van der Waals surface area contributed by atoms with Crippen molar-refractivity contribution in [1.82, 2.24) is 20.4 Å². The molecule has 3 rings (SSSR count). The van der Waals surface area contributed by atoms with Crippen molar-refractivity contribution in [2.24, 2.45) is 0 Å². The number of halogens is 2. The molecule has 128 valence electrons. The zero-order chi connectivity index (χ0) is 17.1. The van der Waals surface area contributed by atoms with E-state index < -0.39 is 0 Å². The van der Waals surface area contributed by atoms with Crippen LogP contribution < -0.4 is 10.6 Å². The summed E-state index contributed by atoms with van der Waals surface area (Å²) < 4.78 is 15.3. The molecule has 1 amide bonds. The van der Waals surface area contributed by atoms with Gasteiger partial charge in [0.1, 0.15) is 5.82 Å². The van der Waals surface area contributed by atoms with Crippen molar-refractivity contribution in [3.8, 4) is 0 Å². The van der Waals surface area contributed by atoms with Crippen LogP contribution in [0.3, 0.4) is 0 Å². The maximum atomic E-state index is 13.4. The number of piperidine rings is 1. The number of nitrogens with one attached hydrogen (secondary N) is 2. The number of carbonyl (C=O) groups excluding carboxylic acids is 1. The standard InChI is InChI=1S/C17H20ClFN4O/c1-2-23-10-12(9-21-23)17-15(3-4-16(24)22-17)20-8-11-5-13(18)7-14(19)6-11/h5-7,9-10,15,17,20H,2-4,8H2,1H3,(H,22,24)/t15-,17+/m1/s1. The first-order valence-electron chi connectivity index (χ1n) is 8.05. The molecule has 1 saturated heterocycles. The second kappa shape index (κ2) is 7.32. The highest BCUT2D eigenvalue weighted by atomic mass is 35.5. The predicted octanol–water partition coefficient (Wildman–Crippen LogP) is 2.81. The quantitative estimate of drug-likeness (QED) is 0.871. The van der Waals surface area contributed by atoms with E-state index in [9.17, 15) is 9.18 Å². The third-order valence-corrected chi connectivity index (χ3v) is 4.45. The maximum Gasteiger partial charge on any atom is 0.220 e. The molecule has 2 aromatic rings. The van der Waals surface area contributed by atoms with Gasteiger partial charge in [0.15, 0.2) is 0 Å². The Hall–Kier alpha value is -1.92. The lowest BCUT2D eigenvalue weighted by Crippen LogP contribution is -2.48. The molecule has 2 atom stereocenters. The molecule has 1 aliphatic rings. The summed E-state index contributed by atoms with van der Waals surface area (Å²) in [5, 5.41) is 11.1. The van der Waals surface area contributed by atoms with Crippen LogP contribution in [0.5, 0.6) is 0 Å². The monoisotopic (exact) mass is 350 g/mol. The van der Waals surface area contributed by atoms with E-state index in [1.165, 1.54) is 12.1 Å². The fourth-order valence-electron chi connectivity index (χ4n) is 3.01. The molecule has 1 fully saturated rings. The summed E-state index contributed by atoms with van der Waals surface area (Å²) in [5.41, 5.74) is 1.75. The largest absolute Gasteiger partial charge is 0.348 e. The minimum Gasteiger partial charge on any atom is -0.348 e. The number of aromatic nitrogens is 2. The fourth-order valence-corrected chi connectivity index (χ4v) is 3.25. The van der Waals surface area contributed by atoms with E-state index in [1.807, 2.05) is 17.8 Å². The molecule has 0 radical (unpaired) electrons. The van der Waals surface area contributed by atoms with E-state index in [0.29, 0.717) is 18.0 Å². The Morgan fingerprint density at radius 3 is 3.00 bits per heavy atom. The SMILES string of the molecule is CCn1cc([C@@H]2NC(=O)CC[C@H]2NCc2cc(F)cc(Cl)c2)cn1. The van der Waals surface area contributed by atoms with Gasteiger partial charge in [0.05, 0.1) is 12.2 Å². The molecule has 7 heteroatoms. The highest BCUT2D eigenvalue weighted by molar-refractivity contribution is 6.30. The topological polar surface area (TPSA) is 59.0 Å². The Labute approximate surface area is 145 Å². The van der Waals surface area contributed by atoms with E-state index in [0.717, 1.165) is 24.1 Å². The number of benzene rings is 1. The summed E-state index contributed by atoms with van der Waals surface area (Å²) >= 11 is 5.90. The van der Waals surface area contributed by atoms with Gasteiger partial charge in [-0.3, -0.25) is 9.48 Å². The molecule has 1 aliphatic heterocycles. The minimum absolute atomic E-state index is 0.0381. The number of amides is 1. The van der Waals surface area contributed by atoms with Gasteiger partial charge in [-0.05, 0) is 37.1 Å². The van der Waals surface area contributed by atoms with Crippen molar-refractivity contribution >= 4 is 17.5 Å². The van der Waals surface area contributed by atoms with Crippen molar-refractivity contribution in [1.29, 1.82) is 0 Å². The predicted molar refractivity (Wildman–Crippen MR) is 90.1 cm³/mol. The highest BCUT2D eigenvalue weighted by Gasteiger charge is 2.30. The third kappa shape index (κ3) is 3.94. The molecular formula is C17H20ClFN4O. The summed E-state index contributed by atoms with van der Waals surface area (Å²) in [6, 6.07) is 4.40. The fraction of sp³-hybridized carbons (Fsp3) is 0.412. The Bertz CT molecular complexity index is 713.